The summed E-state index contributed by atoms with van der Waals surface area (Å²) in [5.41, 5.74) is 0.290. The first-order chi connectivity index (χ1) is 9.10. The molecule has 19 heavy (non-hydrogen) atoms. The molecule has 1 heterocycles. The van der Waals surface area contributed by atoms with Gasteiger partial charge < -0.3 is 5.32 Å². The number of halogens is 2. The van der Waals surface area contributed by atoms with Crippen molar-refractivity contribution in [3.05, 3.63) is 47.7 Å². The topological polar surface area (TPSA) is 29.9 Å². The normalized spacial score (nSPS) is 12.4. The predicted octanol–water partition coefficient (Wildman–Crippen LogP) is 3.74. The van der Waals surface area contributed by atoms with Crippen LogP contribution < -0.4 is 5.32 Å². The third-order valence-corrected chi connectivity index (χ3v) is 3.12. The van der Waals surface area contributed by atoms with Crippen molar-refractivity contribution in [3.63, 3.8) is 0 Å². The highest BCUT2D eigenvalue weighted by atomic mass is 19.1. The van der Waals surface area contributed by atoms with Crippen molar-refractivity contribution in [1.29, 1.82) is 0 Å². The maximum absolute atomic E-state index is 13.4. The molecule has 3 nitrogen and oxygen atoms in total. The minimum absolute atomic E-state index is 0.209. The predicted molar refractivity (Wildman–Crippen MR) is 70.9 cm³/mol. The molecule has 0 aliphatic heterocycles. The Balaban J connectivity index is 2.02. The first-order valence-corrected chi connectivity index (χ1v) is 6.33. The Morgan fingerprint density at radius 2 is 2.11 bits per heavy atom. The van der Waals surface area contributed by atoms with Crippen molar-refractivity contribution in [2.24, 2.45) is 0 Å². The number of rotatable bonds is 5. The molecule has 0 aliphatic rings. The van der Waals surface area contributed by atoms with Crippen LogP contribution in [0.25, 0.3) is 0 Å². The van der Waals surface area contributed by atoms with E-state index in [1.165, 1.54) is 6.07 Å². The average molecular weight is 265 g/mol. The molecule has 1 N–H and O–H groups in total. The van der Waals surface area contributed by atoms with Gasteiger partial charge in [-0.05, 0) is 31.5 Å². The van der Waals surface area contributed by atoms with E-state index in [9.17, 15) is 8.78 Å². The van der Waals surface area contributed by atoms with Gasteiger partial charge in [-0.15, -0.1) is 0 Å². The molecule has 0 amide bonds. The summed E-state index contributed by atoms with van der Waals surface area (Å²) in [5.74, 6) is -0.206. The summed E-state index contributed by atoms with van der Waals surface area (Å²) in [7, 11) is 0. The van der Waals surface area contributed by atoms with Gasteiger partial charge >= 0.3 is 0 Å². The second kappa shape index (κ2) is 5.82. The van der Waals surface area contributed by atoms with Crippen molar-refractivity contribution >= 4 is 5.82 Å². The Bertz CT molecular complexity index is 551. The Labute approximate surface area is 111 Å². The highest BCUT2D eigenvalue weighted by Crippen LogP contribution is 2.14. The molecule has 0 saturated carbocycles. The smallest absolute Gasteiger partial charge is 0.148 e. The van der Waals surface area contributed by atoms with E-state index >= 15 is 0 Å². The van der Waals surface area contributed by atoms with Gasteiger partial charge in [-0.3, -0.25) is 4.68 Å². The molecule has 0 saturated heterocycles. The van der Waals surface area contributed by atoms with Crippen molar-refractivity contribution in [2.45, 2.75) is 32.9 Å². The van der Waals surface area contributed by atoms with Crippen LogP contribution in [0.15, 0.2) is 30.5 Å². The quantitative estimate of drug-likeness (QED) is 0.892. The molecule has 5 heteroatoms. The van der Waals surface area contributed by atoms with E-state index in [0.717, 1.165) is 18.6 Å². The van der Waals surface area contributed by atoms with E-state index in [4.69, 9.17) is 0 Å². The molecule has 0 fully saturated rings. The third-order valence-electron chi connectivity index (χ3n) is 3.12. The molecule has 0 aliphatic carbocycles. The van der Waals surface area contributed by atoms with Gasteiger partial charge in [0.15, 0.2) is 0 Å². The maximum atomic E-state index is 13.4. The standard InChI is InChI=1S/C14H17F2N3/c1-3-10(2)19-7-6-14(18-19)17-9-11-8-12(15)4-5-13(11)16/h4-8,10H,3,9H2,1-2H3,(H,17,18)/t10-/m0/s1. The highest BCUT2D eigenvalue weighted by molar-refractivity contribution is 5.34. The van der Waals surface area contributed by atoms with Crippen LogP contribution in [0, 0.1) is 11.6 Å². The Hall–Kier alpha value is -1.91. The van der Waals surface area contributed by atoms with E-state index < -0.39 is 11.6 Å². The second-order valence-electron chi connectivity index (χ2n) is 4.53. The third kappa shape index (κ3) is 3.30. The molecule has 102 valence electrons. The Morgan fingerprint density at radius 3 is 2.84 bits per heavy atom. The van der Waals surface area contributed by atoms with Crippen molar-refractivity contribution < 1.29 is 8.78 Å². The average Bonchev–Trinajstić information content (AvgIpc) is 2.88. The van der Waals surface area contributed by atoms with Gasteiger partial charge in [0.2, 0.25) is 0 Å². The van der Waals surface area contributed by atoms with Crippen LogP contribution in [-0.2, 0) is 6.54 Å². The monoisotopic (exact) mass is 265 g/mol. The van der Waals surface area contributed by atoms with Gasteiger partial charge in [0, 0.05) is 30.4 Å². The largest absolute Gasteiger partial charge is 0.364 e. The number of nitrogens with one attached hydrogen (secondary N) is 1. The minimum Gasteiger partial charge on any atom is -0.364 e. The zero-order valence-electron chi connectivity index (χ0n) is 11.0. The summed E-state index contributed by atoms with van der Waals surface area (Å²) in [6.07, 6.45) is 2.86. The van der Waals surface area contributed by atoms with Crippen LogP contribution in [0.1, 0.15) is 31.9 Å². The fourth-order valence-corrected chi connectivity index (χ4v) is 1.73. The molecule has 0 spiro atoms. The zero-order chi connectivity index (χ0) is 13.8. The van der Waals surface area contributed by atoms with Crippen LogP contribution in [0.3, 0.4) is 0 Å². The van der Waals surface area contributed by atoms with Gasteiger partial charge in [0.1, 0.15) is 17.5 Å². The van der Waals surface area contributed by atoms with Crippen LogP contribution in [0.2, 0.25) is 0 Å². The van der Waals surface area contributed by atoms with Gasteiger partial charge in [-0.1, -0.05) is 6.92 Å². The van der Waals surface area contributed by atoms with Crippen molar-refractivity contribution in [3.8, 4) is 0 Å². The molecule has 1 aromatic heterocycles. The zero-order valence-corrected chi connectivity index (χ0v) is 11.0. The lowest BCUT2D eigenvalue weighted by atomic mass is 10.2. The highest BCUT2D eigenvalue weighted by Gasteiger charge is 2.06. The first kappa shape index (κ1) is 13.5. The molecule has 1 aromatic carbocycles. The van der Waals surface area contributed by atoms with E-state index in [1.54, 1.807) is 0 Å². The molecule has 0 radical (unpaired) electrons. The number of hydrogen-bond acceptors (Lipinski definition) is 2. The number of benzene rings is 1. The number of anilines is 1. The SMILES string of the molecule is CC[C@H](C)n1ccc(NCc2cc(F)ccc2F)n1. The molecule has 0 unspecified atom stereocenters. The van der Waals surface area contributed by atoms with E-state index in [0.29, 0.717) is 11.9 Å². The van der Waals surface area contributed by atoms with Gasteiger partial charge in [0.05, 0.1) is 0 Å². The van der Waals surface area contributed by atoms with Crippen molar-refractivity contribution in [2.75, 3.05) is 5.32 Å². The summed E-state index contributed by atoms with van der Waals surface area (Å²) in [5, 5.41) is 7.33. The van der Waals surface area contributed by atoms with Gasteiger partial charge in [-0.2, -0.15) is 5.10 Å². The lowest BCUT2D eigenvalue weighted by Gasteiger charge is -2.08. The van der Waals surface area contributed by atoms with Gasteiger partial charge in [0.25, 0.3) is 0 Å². The summed E-state index contributed by atoms with van der Waals surface area (Å²) in [4.78, 5) is 0. The summed E-state index contributed by atoms with van der Waals surface area (Å²) >= 11 is 0. The lowest BCUT2D eigenvalue weighted by Crippen LogP contribution is -2.07. The van der Waals surface area contributed by atoms with Crippen LogP contribution >= 0.6 is 0 Å². The Morgan fingerprint density at radius 1 is 1.32 bits per heavy atom. The fourth-order valence-electron chi connectivity index (χ4n) is 1.73. The maximum Gasteiger partial charge on any atom is 0.148 e. The molecular formula is C14H17F2N3. The van der Waals surface area contributed by atoms with Crippen molar-refractivity contribution in [1.82, 2.24) is 9.78 Å². The summed E-state index contributed by atoms with van der Waals surface area (Å²) in [6, 6.07) is 5.57. The van der Waals surface area contributed by atoms with Gasteiger partial charge in [-0.25, -0.2) is 8.78 Å². The molecule has 0 bridgehead atoms. The van der Waals surface area contributed by atoms with E-state index in [2.05, 4.69) is 24.3 Å². The molecule has 1 atom stereocenters. The molecular weight excluding hydrogens is 248 g/mol. The number of aromatic nitrogens is 2. The number of nitrogens with zero attached hydrogens (tertiary/aromatic N) is 2. The first-order valence-electron chi connectivity index (χ1n) is 6.33. The number of hydrogen-bond donors (Lipinski definition) is 1. The van der Waals surface area contributed by atoms with E-state index in [-0.39, 0.29) is 12.1 Å². The summed E-state index contributed by atoms with van der Waals surface area (Å²) < 4.78 is 28.3. The molecule has 2 aromatic rings. The van der Waals surface area contributed by atoms with E-state index in [1.807, 2.05) is 16.9 Å². The Kier molecular flexibility index (Phi) is 4.14. The molecule has 2 rings (SSSR count). The summed E-state index contributed by atoms with van der Waals surface area (Å²) in [6.45, 7) is 4.37. The lowest BCUT2D eigenvalue weighted by molar-refractivity contribution is 0.479. The minimum atomic E-state index is -0.441. The second-order valence-corrected chi connectivity index (χ2v) is 4.53. The fraction of sp³-hybridized carbons (Fsp3) is 0.357. The van der Waals surface area contributed by atoms with Crippen LogP contribution in [-0.4, -0.2) is 9.78 Å². The van der Waals surface area contributed by atoms with Crippen LogP contribution in [0.4, 0.5) is 14.6 Å². The van der Waals surface area contributed by atoms with Crippen LogP contribution in [0.5, 0.6) is 0 Å².